The molecule has 0 aromatic heterocycles. The second-order valence-corrected chi connectivity index (χ2v) is 4.89. The van der Waals surface area contributed by atoms with Crippen LogP contribution in [0.4, 0.5) is 0 Å². The molecular weight excluding hydrogens is 238 g/mol. The molecule has 0 aliphatic heterocycles. The van der Waals surface area contributed by atoms with Crippen LogP contribution < -0.4 is 15.2 Å². The molecule has 0 saturated carbocycles. The molecule has 0 fully saturated rings. The maximum absolute atomic E-state index is 10.8. The van der Waals surface area contributed by atoms with Crippen LogP contribution in [-0.4, -0.2) is 30.6 Å². The average Bonchev–Trinajstić information content (AvgIpc) is 2.35. The molecule has 0 aliphatic carbocycles. The van der Waals surface area contributed by atoms with Crippen LogP contribution in [0.1, 0.15) is 6.92 Å². The Morgan fingerprint density at radius 2 is 1.94 bits per heavy atom. The lowest BCUT2D eigenvalue weighted by Crippen LogP contribution is -2.23. The summed E-state index contributed by atoms with van der Waals surface area (Å²) in [6, 6.07) is 7.38. The van der Waals surface area contributed by atoms with Gasteiger partial charge in [0.1, 0.15) is 11.5 Å². The highest BCUT2D eigenvalue weighted by Gasteiger charge is 2.08. The van der Waals surface area contributed by atoms with Crippen molar-refractivity contribution in [3.63, 3.8) is 0 Å². The summed E-state index contributed by atoms with van der Waals surface area (Å²) < 4.78 is 10.5. The molecule has 2 N–H and O–H groups in total. The Kier molecular flexibility index (Phi) is 5.69. The Hall–Kier alpha value is -1.36. The third-order valence-electron chi connectivity index (χ3n) is 2.18. The molecule has 17 heavy (non-hydrogen) atoms. The molecule has 1 unspecified atom stereocenters. The van der Waals surface area contributed by atoms with E-state index in [1.54, 1.807) is 14.0 Å². The first-order valence-electron chi connectivity index (χ1n) is 5.31. The van der Waals surface area contributed by atoms with Gasteiger partial charge in [0, 0.05) is 5.75 Å². The Bertz CT molecular complexity index is 353. The maximum Gasteiger partial charge on any atom is 0.230 e. The number of nitrogens with two attached hydrogens (primary N) is 1. The lowest BCUT2D eigenvalue weighted by molar-refractivity contribution is -0.117. The summed E-state index contributed by atoms with van der Waals surface area (Å²) in [5, 5.41) is -0.172. The van der Waals surface area contributed by atoms with E-state index in [4.69, 9.17) is 15.2 Å². The van der Waals surface area contributed by atoms with Gasteiger partial charge < -0.3 is 15.2 Å². The minimum atomic E-state index is -0.292. The van der Waals surface area contributed by atoms with Crippen molar-refractivity contribution in [3.8, 4) is 11.5 Å². The lowest BCUT2D eigenvalue weighted by atomic mass is 10.3. The number of rotatable bonds is 7. The zero-order valence-electron chi connectivity index (χ0n) is 10.0. The number of ether oxygens (including phenoxy) is 2. The van der Waals surface area contributed by atoms with Crippen molar-refractivity contribution >= 4 is 17.7 Å². The highest BCUT2D eigenvalue weighted by atomic mass is 32.2. The summed E-state index contributed by atoms with van der Waals surface area (Å²) in [7, 11) is 1.62. The van der Waals surface area contributed by atoms with E-state index in [0.29, 0.717) is 6.61 Å². The van der Waals surface area contributed by atoms with Crippen LogP contribution in [0, 0.1) is 0 Å². The van der Waals surface area contributed by atoms with Crippen molar-refractivity contribution < 1.29 is 14.3 Å². The largest absolute Gasteiger partial charge is 0.497 e. The van der Waals surface area contributed by atoms with Gasteiger partial charge in [0.05, 0.1) is 19.0 Å². The lowest BCUT2D eigenvalue weighted by Gasteiger charge is -2.09. The van der Waals surface area contributed by atoms with E-state index < -0.39 is 0 Å². The molecule has 94 valence electrons. The number of carbonyl (C=O) groups excluding carboxylic acids is 1. The second-order valence-electron chi connectivity index (χ2n) is 3.44. The monoisotopic (exact) mass is 255 g/mol. The molecule has 4 nitrogen and oxygen atoms in total. The van der Waals surface area contributed by atoms with E-state index in [-0.39, 0.29) is 11.2 Å². The summed E-state index contributed by atoms with van der Waals surface area (Å²) in [6.45, 7) is 2.34. The van der Waals surface area contributed by atoms with Crippen molar-refractivity contribution in [3.05, 3.63) is 24.3 Å². The number of methoxy groups -OCH3 is 1. The fourth-order valence-electron chi connectivity index (χ4n) is 1.14. The Labute approximate surface area is 105 Å². The van der Waals surface area contributed by atoms with E-state index in [2.05, 4.69) is 0 Å². The summed E-state index contributed by atoms with van der Waals surface area (Å²) in [4.78, 5) is 10.8. The average molecular weight is 255 g/mol. The van der Waals surface area contributed by atoms with Crippen LogP contribution in [0.15, 0.2) is 24.3 Å². The normalized spacial score (nSPS) is 11.9. The number of primary amides is 1. The second kappa shape index (κ2) is 7.06. The summed E-state index contributed by atoms with van der Waals surface area (Å²) in [6.07, 6.45) is 0. The number of carbonyl (C=O) groups is 1. The van der Waals surface area contributed by atoms with Crippen LogP contribution in [0.3, 0.4) is 0 Å². The van der Waals surface area contributed by atoms with Gasteiger partial charge in [0.15, 0.2) is 0 Å². The smallest absolute Gasteiger partial charge is 0.230 e. The standard InChI is InChI=1S/C12H17NO3S/c1-9(12(13)14)17-8-7-16-11-5-3-10(15-2)4-6-11/h3-6,9H,7-8H2,1-2H3,(H2,13,14). The van der Waals surface area contributed by atoms with Gasteiger partial charge in [-0.2, -0.15) is 0 Å². The molecule has 0 heterocycles. The van der Waals surface area contributed by atoms with E-state index in [1.165, 1.54) is 11.8 Å². The molecule has 0 spiro atoms. The number of amides is 1. The number of hydrogen-bond acceptors (Lipinski definition) is 4. The molecule has 1 rings (SSSR count). The van der Waals surface area contributed by atoms with Crippen LogP contribution in [0.5, 0.6) is 11.5 Å². The number of thioether (sulfide) groups is 1. The van der Waals surface area contributed by atoms with Gasteiger partial charge >= 0.3 is 0 Å². The maximum atomic E-state index is 10.8. The number of hydrogen-bond donors (Lipinski definition) is 1. The fraction of sp³-hybridized carbons (Fsp3) is 0.417. The van der Waals surface area contributed by atoms with Gasteiger partial charge in [-0.05, 0) is 31.2 Å². The first-order valence-corrected chi connectivity index (χ1v) is 6.36. The highest BCUT2D eigenvalue weighted by molar-refractivity contribution is 8.00. The van der Waals surface area contributed by atoms with Gasteiger partial charge in [-0.3, -0.25) is 4.79 Å². The topological polar surface area (TPSA) is 61.6 Å². The van der Waals surface area contributed by atoms with E-state index >= 15 is 0 Å². The molecule has 1 atom stereocenters. The molecule has 1 aromatic rings. The minimum absolute atomic E-state index is 0.172. The third kappa shape index (κ3) is 4.99. The van der Waals surface area contributed by atoms with Crippen molar-refractivity contribution in [1.29, 1.82) is 0 Å². The first-order chi connectivity index (χ1) is 8.13. The quantitative estimate of drug-likeness (QED) is 0.753. The van der Waals surface area contributed by atoms with Gasteiger partial charge in [0.25, 0.3) is 0 Å². The molecule has 0 aliphatic rings. The van der Waals surface area contributed by atoms with Crippen molar-refractivity contribution in [2.45, 2.75) is 12.2 Å². The van der Waals surface area contributed by atoms with E-state index in [9.17, 15) is 4.79 Å². The van der Waals surface area contributed by atoms with Crippen molar-refractivity contribution in [2.24, 2.45) is 5.73 Å². The predicted molar refractivity (Wildman–Crippen MR) is 69.6 cm³/mol. The zero-order valence-corrected chi connectivity index (χ0v) is 10.8. The van der Waals surface area contributed by atoms with Crippen LogP contribution >= 0.6 is 11.8 Å². The van der Waals surface area contributed by atoms with E-state index in [1.807, 2.05) is 24.3 Å². The molecule has 1 amide bonds. The Morgan fingerprint density at radius 3 is 2.47 bits per heavy atom. The van der Waals surface area contributed by atoms with E-state index in [0.717, 1.165) is 17.3 Å². The zero-order chi connectivity index (χ0) is 12.7. The molecule has 0 bridgehead atoms. The van der Waals surface area contributed by atoms with Crippen molar-refractivity contribution in [2.75, 3.05) is 19.5 Å². The Balaban J connectivity index is 2.24. The summed E-state index contributed by atoms with van der Waals surface area (Å²) in [5.41, 5.74) is 5.15. The third-order valence-corrected chi connectivity index (χ3v) is 3.31. The molecule has 1 aromatic carbocycles. The van der Waals surface area contributed by atoms with Gasteiger partial charge in [-0.25, -0.2) is 0 Å². The number of benzene rings is 1. The van der Waals surface area contributed by atoms with Crippen LogP contribution in [0.2, 0.25) is 0 Å². The SMILES string of the molecule is COc1ccc(OCCSC(C)C(N)=O)cc1. The molecule has 0 saturated heterocycles. The Morgan fingerprint density at radius 1 is 1.35 bits per heavy atom. The molecule has 0 radical (unpaired) electrons. The molecular formula is C12H17NO3S. The van der Waals surface area contributed by atoms with Gasteiger partial charge in [0.2, 0.25) is 5.91 Å². The minimum Gasteiger partial charge on any atom is -0.497 e. The van der Waals surface area contributed by atoms with Crippen LogP contribution in [0.25, 0.3) is 0 Å². The van der Waals surface area contributed by atoms with Crippen LogP contribution in [-0.2, 0) is 4.79 Å². The van der Waals surface area contributed by atoms with Crippen molar-refractivity contribution in [1.82, 2.24) is 0 Å². The highest BCUT2D eigenvalue weighted by Crippen LogP contribution is 2.17. The molecule has 5 heteroatoms. The summed E-state index contributed by atoms with van der Waals surface area (Å²) >= 11 is 1.49. The van der Waals surface area contributed by atoms with Gasteiger partial charge in [-0.1, -0.05) is 0 Å². The van der Waals surface area contributed by atoms with Gasteiger partial charge in [-0.15, -0.1) is 11.8 Å². The first kappa shape index (κ1) is 13.7. The summed E-state index contributed by atoms with van der Waals surface area (Å²) in [5.74, 6) is 2.03. The predicted octanol–water partition coefficient (Wildman–Crippen LogP) is 1.68. The fourth-order valence-corrected chi connectivity index (χ4v) is 1.84.